The normalized spacial score (nSPS) is 10.9. The van der Waals surface area contributed by atoms with E-state index in [0.29, 0.717) is 0 Å². The number of anilines is 1. The minimum Gasteiger partial charge on any atom is -0.481 e. The van der Waals surface area contributed by atoms with Gasteiger partial charge in [0.25, 0.3) is 17.6 Å². The van der Waals surface area contributed by atoms with Crippen LogP contribution in [0.2, 0.25) is 10.0 Å². The standard InChI is InChI=1S/C22H17Cl2N3O5.C2H4O2/c23-14-6-9-20(32-22(29)18(25)10-13-4-2-1-3-5-13)16(11-14)21(28)26-19-8-7-15(27(30)31)12-17(19)24;1-2(3)4/h1-9,11-12,18H,10,25H2,(H,26,28);1H3,(H,3,4)/t18-;/m0./s1. The lowest BCUT2D eigenvalue weighted by atomic mass is 10.1. The summed E-state index contributed by atoms with van der Waals surface area (Å²) in [5.74, 6) is -2.28. The van der Waals surface area contributed by atoms with Crippen molar-refractivity contribution < 1.29 is 29.2 Å². The molecule has 1 amide bonds. The molecule has 0 aliphatic carbocycles. The van der Waals surface area contributed by atoms with Gasteiger partial charge < -0.3 is 20.9 Å². The Morgan fingerprint density at radius 2 is 1.72 bits per heavy atom. The van der Waals surface area contributed by atoms with Gasteiger partial charge in [-0.2, -0.15) is 0 Å². The smallest absolute Gasteiger partial charge is 0.328 e. The number of non-ortho nitro benzene ring substituents is 1. The first-order valence-corrected chi connectivity index (χ1v) is 11.0. The molecule has 0 unspecified atom stereocenters. The number of nitrogens with one attached hydrogen (secondary N) is 1. The van der Waals surface area contributed by atoms with Crippen LogP contribution < -0.4 is 15.8 Å². The maximum absolute atomic E-state index is 12.8. The van der Waals surface area contributed by atoms with E-state index < -0.39 is 28.8 Å². The number of esters is 1. The van der Waals surface area contributed by atoms with Gasteiger partial charge in [0, 0.05) is 24.1 Å². The zero-order valence-electron chi connectivity index (χ0n) is 18.8. The molecule has 4 N–H and O–H groups in total. The van der Waals surface area contributed by atoms with Gasteiger partial charge in [-0.25, -0.2) is 4.79 Å². The van der Waals surface area contributed by atoms with Crippen LogP contribution in [-0.2, 0) is 16.0 Å². The third-order valence-electron chi connectivity index (χ3n) is 4.41. The van der Waals surface area contributed by atoms with Crippen LogP contribution in [0.5, 0.6) is 5.75 Å². The SMILES string of the molecule is CC(=O)O.N[C@@H](Cc1ccccc1)C(=O)Oc1ccc(Cl)cc1C(=O)Nc1ccc([N+](=O)[O-])cc1Cl. The number of amides is 1. The number of benzene rings is 3. The summed E-state index contributed by atoms with van der Waals surface area (Å²) in [6.07, 6.45) is 0.257. The number of rotatable bonds is 7. The van der Waals surface area contributed by atoms with Crippen LogP contribution in [0.3, 0.4) is 0 Å². The molecule has 0 saturated carbocycles. The van der Waals surface area contributed by atoms with Gasteiger partial charge in [0.05, 0.1) is 21.2 Å². The minimum atomic E-state index is -0.951. The Morgan fingerprint density at radius 1 is 1.08 bits per heavy atom. The first-order chi connectivity index (χ1) is 17.0. The van der Waals surface area contributed by atoms with Crippen molar-refractivity contribution in [2.75, 3.05) is 5.32 Å². The van der Waals surface area contributed by atoms with E-state index in [9.17, 15) is 19.7 Å². The van der Waals surface area contributed by atoms with Gasteiger partial charge in [-0.05, 0) is 36.2 Å². The predicted molar refractivity (Wildman–Crippen MR) is 135 cm³/mol. The van der Waals surface area contributed by atoms with Crippen molar-refractivity contribution in [3.8, 4) is 5.75 Å². The van der Waals surface area contributed by atoms with Crippen LogP contribution in [0.1, 0.15) is 22.8 Å². The van der Waals surface area contributed by atoms with E-state index in [2.05, 4.69) is 5.32 Å². The second-order valence-electron chi connectivity index (χ2n) is 7.25. The second-order valence-corrected chi connectivity index (χ2v) is 8.10. The first kappa shape index (κ1) is 28.2. The number of nitro benzene ring substituents is 1. The summed E-state index contributed by atoms with van der Waals surface area (Å²) in [6.45, 7) is 1.08. The van der Waals surface area contributed by atoms with Crippen molar-refractivity contribution in [1.29, 1.82) is 0 Å². The van der Waals surface area contributed by atoms with E-state index in [1.54, 1.807) is 0 Å². The number of carbonyl (C=O) groups excluding carboxylic acids is 2. The molecule has 3 aromatic carbocycles. The molecule has 188 valence electrons. The lowest BCUT2D eigenvalue weighted by Gasteiger charge is -2.15. The lowest BCUT2D eigenvalue weighted by Crippen LogP contribution is -2.36. The van der Waals surface area contributed by atoms with E-state index >= 15 is 0 Å². The molecular formula is C24H21Cl2N3O7. The van der Waals surface area contributed by atoms with Crippen molar-refractivity contribution in [2.45, 2.75) is 19.4 Å². The first-order valence-electron chi connectivity index (χ1n) is 10.2. The fraction of sp³-hybridized carbons (Fsp3) is 0.125. The number of nitro groups is 1. The number of carboxylic acids is 1. The topological polar surface area (TPSA) is 162 Å². The van der Waals surface area contributed by atoms with E-state index in [4.69, 9.17) is 43.6 Å². The summed E-state index contributed by atoms with van der Waals surface area (Å²) in [4.78, 5) is 44.6. The number of hydrogen-bond acceptors (Lipinski definition) is 7. The Morgan fingerprint density at radius 3 is 2.31 bits per heavy atom. The third-order valence-corrected chi connectivity index (χ3v) is 4.96. The molecule has 1 atom stereocenters. The fourth-order valence-electron chi connectivity index (χ4n) is 2.81. The number of hydrogen-bond donors (Lipinski definition) is 3. The maximum Gasteiger partial charge on any atom is 0.328 e. The summed E-state index contributed by atoms with van der Waals surface area (Å²) < 4.78 is 5.37. The van der Waals surface area contributed by atoms with Crippen molar-refractivity contribution in [2.24, 2.45) is 5.73 Å². The molecule has 3 rings (SSSR count). The molecule has 0 heterocycles. The summed E-state index contributed by atoms with van der Waals surface area (Å²) in [5.41, 5.74) is 6.70. The highest BCUT2D eigenvalue weighted by molar-refractivity contribution is 6.34. The average molecular weight is 534 g/mol. The lowest BCUT2D eigenvalue weighted by molar-refractivity contribution is -0.384. The van der Waals surface area contributed by atoms with Gasteiger partial charge in [-0.3, -0.25) is 19.7 Å². The molecule has 0 aliphatic rings. The molecule has 36 heavy (non-hydrogen) atoms. The van der Waals surface area contributed by atoms with Crippen LogP contribution in [-0.4, -0.2) is 33.9 Å². The highest BCUT2D eigenvalue weighted by Gasteiger charge is 2.22. The van der Waals surface area contributed by atoms with Gasteiger partial charge in [0.15, 0.2) is 0 Å². The fourth-order valence-corrected chi connectivity index (χ4v) is 3.21. The van der Waals surface area contributed by atoms with Gasteiger partial charge in [0.2, 0.25) is 0 Å². The van der Waals surface area contributed by atoms with E-state index in [-0.39, 0.29) is 39.2 Å². The summed E-state index contributed by atoms with van der Waals surface area (Å²) in [6, 6.07) is 16.0. The Hall–Kier alpha value is -3.99. The minimum absolute atomic E-state index is 0.0296. The molecule has 0 aliphatic heterocycles. The Balaban J connectivity index is 0.00000106. The summed E-state index contributed by atoms with van der Waals surface area (Å²) in [5, 5.41) is 21.0. The summed E-state index contributed by atoms with van der Waals surface area (Å²) >= 11 is 12.0. The van der Waals surface area contributed by atoms with Crippen molar-refractivity contribution in [3.05, 3.63) is 98.0 Å². The Labute approximate surface area is 215 Å². The van der Waals surface area contributed by atoms with E-state index in [0.717, 1.165) is 18.6 Å². The number of nitrogens with zero attached hydrogens (tertiary/aromatic N) is 1. The molecule has 3 aromatic rings. The van der Waals surface area contributed by atoms with Crippen molar-refractivity contribution in [3.63, 3.8) is 0 Å². The number of ether oxygens (including phenoxy) is 1. The molecule has 0 spiro atoms. The highest BCUT2D eigenvalue weighted by atomic mass is 35.5. The average Bonchev–Trinajstić information content (AvgIpc) is 2.81. The van der Waals surface area contributed by atoms with E-state index in [1.807, 2.05) is 30.3 Å². The third kappa shape index (κ3) is 8.66. The molecular weight excluding hydrogens is 513 g/mol. The molecule has 12 heteroatoms. The zero-order chi connectivity index (χ0) is 26.8. The molecule has 10 nitrogen and oxygen atoms in total. The van der Waals surface area contributed by atoms with Crippen LogP contribution >= 0.6 is 23.2 Å². The van der Waals surface area contributed by atoms with Crippen LogP contribution in [0.4, 0.5) is 11.4 Å². The monoisotopic (exact) mass is 533 g/mol. The molecule has 0 radical (unpaired) electrons. The largest absolute Gasteiger partial charge is 0.481 e. The van der Waals surface area contributed by atoms with Crippen LogP contribution in [0.15, 0.2) is 66.7 Å². The number of carbonyl (C=O) groups is 3. The van der Waals surface area contributed by atoms with Crippen LogP contribution in [0.25, 0.3) is 0 Å². The number of carboxylic acid groups (broad SMARTS) is 1. The van der Waals surface area contributed by atoms with E-state index in [1.165, 1.54) is 30.3 Å². The number of nitrogens with two attached hydrogens (primary N) is 1. The molecule has 0 fully saturated rings. The molecule has 0 saturated heterocycles. The predicted octanol–water partition coefficient (Wildman–Crippen LogP) is 4.72. The van der Waals surface area contributed by atoms with Crippen LogP contribution in [0, 0.1) is 10.1 Å². The number of aliphatic carboxylic acids is 1. The number of halogens is 2. The van der Waals surface area contributed by atoms with Gasteiger partial charge in [-0.15, -0.1) is 0 Å². The zero-order valence-corrected chi connectivity index (χ0v) is 20.3. The Kier molecular flexibility index (Phi) is 10.4. The maximum atomic E-state index is 12.8. The second kappa shape index (κ2) is 13.2. The van der Waals surface area contributed by atoms with Crippen molar-refractivity contribution in [1.82, 2.24) is 0 Å². The van der Waals surface area contributed by atoms with Gasteiger partial charge in [-0.1, -0.05) is 53.5 Å². The molecule has 0 bridgehead atoms. The highest BCUT2D eigenvalue weighted by Crippen LogP contribution is 2.29. The quantitative estimate of drug-likeness (QED) is 0.170. The molecule has 0 aromatic heterocycles. The summed E-state index contributed by atoms with van der Waals surface area (Å²) in [7, 11) is 0. The van der Waals surface area contributed by atoms with Gasteiger partial charge >= 0.3 is 5.97 Å². The Bertz CT molecular complexity index is 1270. The van der Waals surface area contributed by atoms with Gasteiger partial charge in [0.1, 0.15) is 11.8 Å². The van der Waals surface area contributed by atoms with Crippen molar-refractivity contribution >= 4 is 52.4 Å².